The van der Waals surface area contributed by atoms with Crippen LogP contribution in [0.5, 0.6) is 0 Å². The molecule has 0 radical (unpaired) electrons. The lowest BCUT2D eigenvalue weighted by atomic mass is 10.1. The van der Waals surface area contributed by atoms with Crippen LogP contribution in [0.2, 0.25) is 0 Å². The fourth-order valence-electron chi connectivity index (χ4n) is 3.66. The SMILES string of the molecule is O=C(NCc1ccc(N2CCSCC2)cc1)c1ccccc1SCC1CCCO1. The van der Waals surface area contributed by atoms with E-state index >= 15 is 0 Å². The summed E-state index contributed by atoms with van der Waals surface area (Å²) < 4.78 is 5.71. The van der Waals surface area contributed by atoms with E-state index in [1.54, 1.807) is 11.8 Å². The molecule has 2 aromatic carbocycles. The number of carbonyl (C=O) groups excluding carboxylic acids is 1. The lowest BCUT2D eigenvalue weighted by molar-refractivity contribution is 0.0948. The summed E-state index contributed by atoms with van der Waals surface area (Å²) in [5.74, 6) is 3.28. The van der Waals surface area contributed by atoms with Crippen molar-refractivity contribution in [3.05, 3.63) is 59.7 Å². The Morgan fingerprint density at radius 2 is 1.93 bits per heavy atom. The Balaban J connectivity index is 1.32. The number of hydrogen-bond acceptors (Lipinski definition) is 5. The molecule has 1 atom stereocenters. The molecule has 2 heterocycles. The number of benzene rings is 2. The molecule has 2 aromatic rings. The first-order chi connectivity index (χ1) is 14.3. The highest BCUT2D eigenvalue weighted by Crippen LogP contribution is 2.27. The zero-order valence-electron chi connectivity index (χ0n) is 16.6. The lowest BCUT2D eigenvalue weighted by Gasteiger charge is -2.28. The molecular formula is C23H28N2O2S2. The van der Waals surface area contributed by atoms with E-state index in [2.05, 4.69) is 34.5 Å². The number of hydrogen-bond donors (Lipinski definition) is 1. The van der Waals surface area contributed by atoms with Crippen LogP contribution in [0.25, 0.3) is 0 Å². The van der Waals surface area contributed by atoms with Gasteiger partial charge in [0.2, 0.25) is 0 Å². The summed E-state index contributed by atoms with van der Waals surface area (Å²) in [7, 11) is 0. The summed E-state index contributed by atoms with van der Waals surface area (Å²) in [5.41, 5.74) is 3.15. The minimum atomic E-state index is -0.0161. The van der Waals surface area contributed by atoms with Gasteiger partial charge in [-0.25, -0.2) is 0 Å². The molecule has 2 aliphatic rings. The minimum absolute atomic E-state index is 0.0161. The molecule has 2 saturated heterocycles. The van der Waals surface area contributed by atoms with Gasteiger partial charge >= 0.3 is 0 Å². The van der Waals surface area contributed by atoms with Crippen molar-refractivity contribution in [2.24, 2.45) is 0 Å². The molecular weight excluding hydrogens is 400 g/mol. The molecule has 1 N–H and O–H groups in total. The van der Waals surface area contributed by atoms with E-state index in [0.717, 1.165) is 54.3 Å². The molecule has 2 fully saturated rings. The third-order valence-corrected chi connectivity index (χ3v) is 7.49. The molecule has 0 aromatic heterocycles. The van der Waals surface area contributed by atoms with E-state index in [4.69, 9.17) is 4.74 Å². The highest BCUT2D eigenvalue weighted by atomic mass is 32.2. The maximum atomic E-state index is 12.8. The zero-order valence-corrected chi connectivity index (χ0v) is 18.3. The average molecular weight is 429 g/mol. The van der Waals surface area contributed by atoms with E-state index in [9.17, 15) is 4.79 Å². The van der Waals surface area contributed by atoms with Crippen molar-refractivity contribution < 1.29 is 9.53 Å². The number of rotatable bonds is 7. The Kier molecular flexibility index (Phi) is 7.41. The number of nitrogens with zero attached hydrogens (tertiary/aromatic N) is 1. The lowest BCUT2D eigenvalue weighted by Crippen LogP contribution is -2.32. The summed E-state index contributed by atoms with van der Waals surface area (Å²) in [6, 6.07) is 16.4. The van der Waals surface area contributed by atoms with Crippen LogP contribution < -0.4 is 10.2 Å². The second kappa shape index (κ2) is 10.4. The van der Waals surface area contributed by atoms with E-state index < -0.39 is 0 Å². The smallest absolute Gasteiger partial charge is 0.252 e. The van der Waals surface area contributed by atoms with Gasteiger partial charge < -0.3 is 15.0 Å². The van der Waals surface area contributed by atoms with Crippen LogP contribution in [0.15, 0.2) is 53.4 Å². The molecule has 29 heavy (non-hydrogen) atoms. The normalized spacial score (nSPS) is 19.3. The fourth-order valence-corrected chi connectivity index (χ4v) is 5.68. The molecule has 0 bridgehead atoms. The van der Waals surface area contributed by atoms with Crippen LogP contribution in [-0.4, -0.2) is 49.0 Å². The van der Waals surface area contributed by atoms with Gasteiger partial charge in [0, 0.05) is 54.1 Å². The molecule has 1 amide bonds. The highest BCUT2D eigenvalue weighted by Gasteiger charge is 2.18. The number of ether oxygens (including phenoxy) is 1. The molecule has 154 valence electrons. The van der Waals surface area contributed by atoms with Crippen molar-refractivity contribution in [1.29, 1.82) is 0 Å². The Labute approximate surface area is 181 Å². The minimum Gasteiger partial charge on any atom is -0.377 e. The molecule has 0 spiro atoms. The van der Waals surface area contributed by atoms with Gasteiger partial charge in [-0.1, -0.05) is 24.3 Å². The van der Waals surface area contributed by atoms with Crippen LogP contribution in [-0.2, 0) is 11.3 Å². The van der Waals surface area contributed by atoms with Gasteiger partial charge in [0.05, 0.1) is 11.7 Å². The predicted molar refractivity (Wildman–Crippen MR) is 123 cm³/mol. The molecule has 0 saturated carbocycles. The zero-order chi connectivity index (χ0) is 19.9. The standard InChI is InChI=1S/C23H28N2O2S2/c26-23(21-5-1-2-6-22(21)29-17-20-4-3-13-27-20)24-16-18-7-9-19(10-8-18)25-11-14-28-15-12-25/h1-2,5-10,20H,3-4,11-17H2,(H,24,26). The highest BCUT2D eigenvalue weighted by molar-refractivity contribution is 7.99. The first-order valence-electron chi connectivity index (χ1n) is 10.3. The maximum Gasteiger partial charge on any atom is 0.252 e. The van der Waals surface area contributed by atoms with Crippen LogP contribution in [0, 0.1) is 0 Å². The van der Waals surface area contributed by atoms with Gasteiger partial charge in [-0.2, -0.15) is 11.8 Å². The third kappa shape index (κ3) is 5.71. The van der Waals surface area contributed by atoms with Gasteiger partial charge in [-0.15, -0.1) is 11.8 Å². The van der Waals surface area contributed by atoms with Crippen molar-refractivity contribution in [3.63, 3.8) is 0 Å². The summed E-state index contributed by atoms with van der Waals surface area (Å²) in [5, 5.41) is 3.08. The molecule has 0 aliphatic carbocycles. The Hall–Kier alpha value is -1.63. The van der Waals surface area contributed by atoms with Crippen LogP contribution >= 0.6 is 23.5 Å². The Morgan fingerprint density at radius 1 is 1.14 bits per heavy atom. The average Bonchev–Trinajstić information content (AvgIpc) is 3.31. The van der Waals surface area contributed by atoms with Gasteiger partial charge in [0.1, 0.15) is 0 Å². The third-order valence-electron chi connectivity index (χ3n) is 5.35. The molecule has 1 unspecified atom stereocenters. The molecule has 4 rings (SSSR count). The first kappa shape index (κ1) is 20.6. The van der Waals surface area contributed by atoms with Crippen LogP contribution in [0.4, 0.5) is 5.69 Å². The number of amides is 1. The predicted octanol–water partition coefficient (Wildman–Crippen LogP) is 4.44. The number of nitrogens with one attached hydrogen (secondary N) is 1. The molecule has 4 nitrogen and oxygen atoms in total. The summed E-state index contributed by atoms with van der Waals surface area (Å²) >= 11 is 3.74. The van der Waals surface area contributed by atoms with Crippen LogP contribution in [0.3, 0.4) is 0 Å². The fraction of sp³-hybridized carbons (Fsp3) is 0.435. The van der Waals surface area contributed by atoms with E-state index in [-0.39, 0.29) is 5.91 Å². The van der Waals surface area contributed by atoms with Gasteiger partial charge in [-0.3, -0.25) is 4.79 Å². The van der Waals surface area contributed by atoms with Crippen molar-refractivity contribution in [1.82, 2.24) is 5.32 Å². The first-order valence-corrected chi connectivity index (χ1v) is 12.5. The monoisotopic (exact) mass is 428 g/mol. The van der Waals surface area contributed by atoms with Gasteiger partial charge in [-0.05, 0) is 42.7 Å². The largest absolute Gasteiger partial charge is 0.377 e. The second-order valence-electron chi connectivity index (χ2n) is 7.39. The quantitative estimate of drug-likeness (QED) is 0.661. The van der Waals surface area contributed by atoms with Crippen LogP contribution in [0.1, 0.15) is 28.8 Å². The molecule has 2 aliphatic heterocycles. The van der Waals surface area contributed by atoms with Gasteiger partial charge in [0.25, 0.3) is 5.91 Å². The molecule has 6 heteroatoms. The van der Waals surface area contributed by atoms with Crippen molar-refractivity contribution >= 4 is 35.1 Å². The summed E-state index contributed by atoms with van der Waals surface area (Å²) in [4.78, 5) is 16.2. The summed E-state index contributed by atoms with van der Waals surface area (Å²) in [6.07, 6.45) is 2.57. The summed E-state index contributed by atoms with van der Waals surface area (Å²) in [6.45, 7) is 3.63. The van der Waals surface area contributed by atoms with E-state index in [1.807, 2.05) is 36.0 Å². The Bertz CT molecular complexity index is 801. The number of anilines is 1. The van der Waals surface area contributed by atoms with E-state index in [0.29, 0.717) is 12.6 Å². The second-order valence-corrected chi connectivity index (χ2v) is 9.68. The maximum absolute atomic E-state index is 12.8. The van der Waals surface area contributed by atoms with Crippen molar-refractivity contribution in [3.8, 4) is 0 Å². The van der Waals surface area contributed by atoms with Gasteiger partial charge in [0.15, 0.2) is 0 Å². The Morgan fingerprint density at radius 3 is 2.69 bits per heavy atom. The van der Waals surface area contributed by atoms with Crippen molar-refractivity contribution in [2.45, 2.75) is 30.4 Å². The number of carbonyl (C=O) groups is 1. The number of thioether (sulfide) groups is 2. The van der Waals surface area contributed by atoms with E-state index in [1.165, 1.54) is 17.2 Å². The van der Waals surface area contributed by atoms with Crippen molar-refractivity contribution in [2.75, 3.05) is 41.9 Å². The topological polar surface area (TPSA) is 41.6 Å².